The first-order valence-corrected chi connectivity index (χ1v) is 6.02. The minimum absolute atomic E-state index is 0.490. The summed E-state index contributed by atoms with van der Waals surface area (Å²) in [6, 6.07) is 6.95. The number of hydrogen-bond acceptors (Lipinski definition) is 3. The van der Waals surface area contributed by atoms with Crippen molar-refractivity contribution in [1.29, 1.82) is 5.41 Å². The molecule has 2 rings (SSSR count). The highest BCUT2D eigenvalue weighted by Crippen LogP contribution is 2.26. The Balaban J connectivity index is 2.44. The molecule has 4 heteroatoms. The van der Waals surface area contributed by atoms with Crippen LogP contribution in [0.4, 0.5) is 15.8 Å². The number of rotatable bonds is 3. The molecule has 0 saturated carbocycles. The van der Waals surface area contributed by atoms with Gasteiger partial charge in [0.1, 0.15) is 0 Å². The normalized spacial score (nSPS) is 10.3. The SMILES string of the molecule is CC(=N)c1cc(C)cc(C)c1Nc1ccc(F)nc1. The minimum atomic E-state index is -0.505. The molecule has 0 saturated heterocycles. The molecule has 1 heterocycles. The second-order valence-corrected chi connectivity index (χ2v) is 4.62. The van der Waals surface area contributed by atoms with Crippen LogP contribution in [0, 0.1) is 25.2 Å². The van der Waals surface area contributed by atoms with E-state index in [9.17, 15) is 4.39 Å². The van der Waals surface area contributed by atoms with Crippen molar-refractivity contribution in [2.45, 2.75) is 20.8 Å². The largest absolute Gasteiger partial charge is 0.354 e. The number of aryl methyl sites for hydroxylation is 2. The van der Waals surface area contributed by atoms with E-state index in [0.29, 0.717) is 11.4 Å². The summed E-state index contributed by atoms with van der Waals surface area (Å²) >= 11 is 0. The lowest BCUT2D eigenvalue weighted by Crippen LogP contribution is -2.04. The van der Waals surface area contributed by atoms with E-state index >= 15 is 0 Å². The van der Waals surface area contributed by atoms with Crippen LogP contribution in [0.1, 0.15) is 23.6 Å². The lowest BCUT2D eigenvalue weighted by Gasteiger charge is -2.15. The Kier molecular flexibility index (Phi) is 3.60. The molecule has 0 spiro atoms. The maximum absolute atomic E-state index is 12.8. The lowest BCUT2D eigenvalue weighted by atomic mass is 10.0. The maximum atomic E-state index is 12.8. The van der Waals surface area contributed by atoms with Crippen LogP contribution >= 0.6 is 0 Å². The van der Waals surface area contributed by atoms with Crippen LogP contribution in [-0.4, -0.2) is 10.7 Å². The fraction of sp³-hybridized carbons (Fsp3) is 0.200. The minimum Gasteiger partial charge on any atom is -0.354 e. The van der Waals surface area contributed by atoms with E-state index < -0.39 is 5.95 Å². The number of benzene rings is 1. The van der Waals surface area contributed by atoms with Crippen LogP contribution in [0.5, 0.6) is 0 Å². The third-order valence-corrected chi connectivity index (χ3v) is 2.88. The summed E-state index contributed by atoms with van der Waals surface area (Å²) in [5.74, 6) is -0.505. The Morgan fingerprint density at radius 3 is 2.58 bits per heavy atom. The molecule has 0 aliphatic heterocycles. The lowest BCUT2D eigenvalue weighted by molar-refractivity contribution is 0.584. The van der Waals surface area contributed by atoms with Gasteiger partial charge in [-0.25, -0.2) is 4.98 Å². The smallest absolute Gasteiger partial charge is 0.212 e. The Labute approximate surface area is 112 Å². The predicted octanol–water partition coefficient (Wildman–Crippen LogP) is 3.97. The molecule has 0 atom stereocenters. The van der Waals surface area contributed by atoms with E-state index in [0.717, 1.165) is 22.4 Å². The third kappa shape index (κ3) is 2.96. The number of nitrogens with one attached hydrogen (secondary N) is 2. The number of hydrogen-bond donors (Lipinski definition) is 2. The molecule has 2 N–H and O–H groups in total. The van der Waals surface area contributed by atoms with Gasteiger partial charge in [-0.1, -0.05) is 11.6 Å². The van der Waals surface area contributed by atoms with Gasteiger partial charge in [-0.2, -0.15) is 4.39 Å². The monoisotopic (exact) mass is 257 g/mol. The first kappa shape index (κ1) is 13.2. The van der Waals surface area contributed by atoms with Gasteiger partial charge in [0.15, 0.2) is 0 Å². The van der Waals surface area contributed by atoms with Crippen LogP contribution in [0.3, 0.4) is 0 Å². The van der Waals surface area contributed by atoms with Crippen molar-refractivity contribution in [3.63, 3.8) is 0 Å². The van der Waals surface area contributed by atoms with Gasteiger partial charge in [0.05, 0.1) is 17.6 Å². The van der Waals surface area contributed by atoms with E-state index in [1.54, 1.807) is 13.0 Å². The predicted molar refractivity (Wildman–Crippen MR) is 75.9 cm³/mol. The Hall–Kier alpha value is -2.23. The third-order valence-electron chi connectivity index (χ3n) is 2.88. The van der Waals surface area contributed by atoms with Crippen molar-refractivity contribution in [3.8, 4) is 0 Å². The topological polar surface area (TPSA) is 48.8 Å². The summed E-state index contributed by atoms with van der Waals surface area (Å²) in [6.45, 7) is 5.74. The van der Waals surface area contributed by atoms with Crippen molar-refractivity contribution >= 4 is 17.1 Å². The molecule has 0 bridgehead atoms. The van der Waals surface area contributed by atoms with Crippen LogP contribution in [0.25, 0.3) is 0 Å². The summed E-state index contributed by atoms with van der Waals surface area (Å²) in [5, 5.41) is 11.1. The molecule has 3 nitrogen and oxygen atoms in total. The molecule has 0 fully saturated rings. The fourth-order valence-corrected chi connectivity index (χ4v) is 2.02. The number of pyridine rings is 1. The zero-order chi connectivity index (χ0) is 14.0. The summed E-state index contributed by atoms with van der Waals surface area (Å²) < 4.78 is 12.8. The summed E-state index contributed by atoms with van der Waals surface area (Å²) in [7, 11) is 0. The maximum Gasteiger partial charge on any atom is 0.212 e. The highest BCUT2D eigenvalue weighted by Gasteiger charge is 2.09. The molecule has 0 aliphatic carbocycles. The van der Waals surface area contributed by atoms with Crippen molar-refractivity contribution in [2.75, 3.05) is 5.32 Å². The number of aromatic nitrogens is 1. The molecular formula is C15H16FN3. The Morgan fingerprint density at radius 1 is 1.26 bits per heavy atom. The van der Waals surface area contributed by atoms with Crippen molar-refractivity contribution < 1.29 is 4.39 Å². The van der Waals surface area contributed by atoms with E-state index in [1.807, 2.05) is 26.0 Å². The highest BCUT2D eigenvalue weighted by molar-refractivity contribution is 6.02. The summed E-state index contributed by atoms with van der Waals surface area (Å²) in [6.07, 6.45) is 1.44. The first-order chi connectivity index (χ1) is 8.97. The number of halogens is 1. The van der Waals surface area contributed by atoms with Gasteiger partial charge in [0.2, 0.25) is 5.95 Å². The van der Waals surface area contributed by atoms with Crippen molar-refractivity contribution in [2.24, 2.45) is 0 Å². The second kappa shape index (κ2) is 5.18. The van der Waals surface area contributed by atoms with Crippen LogP contribution in [-0.2, 0) is 0 Å². The molecule has 0 amide bonds. The molecule has 98 valence electrons. The quantitative estimate of drug-likeness (QED) is 0.645. The molecule has 0 unspecified atom stereocenters. The van der Waals surface area contributed by atoms with Gasteiger partial charge in [0, 0.05) is 11.3 Å². The van der Waals surface area contributed by atoms with Crippen molar-refractivity contribution in [3.05, 3.63) is 53.1 Å². The van der Waals surface area contributed by atoms with E-state index in [-0.39, 0.29) is 0 Å². The molecule has 1 aromatic heterocycles. The Morgan fingerprint density at radius 2 is 2.00 bits per heavy atom. The van der Waals surface area contributed by atoms with E-state index in [4.69, 9.17) is 5.41 Å². The van der Waals surface area contributed by atoms with Gasteiger partial charge >= 0.3 is 0 Å². The van der Waals surface area contributed by atoms with E-state index in [2.05, 4.69) is 10.3 Å². The number of anilines is 2. The van der Waals surface area contributed by atoms with Gasteiger partial charge in [-0.3, -0.25) is 0 Å². The second-order valence-electron chi connectivity index (χ2n) is 4.62. The molecule has 0 aliphatic rings. The van der Waals surface area contributed by atoms with Crippen LogP contribution in [0.2, 0.25) is 0 Å². The molecule has 19 heavy (non-hydrogen) atoms. The average molecular weight is 257 g/mol. The first-order valence-electron chi connectivity index (χ1n) is 6.02. The summed E-state index contributed by atoms with van der Waals surface area (Å²) in [4.78, 5) is 3.61. The molecule has 2 aromatic rings. The zero-order valence-electron chi connectivity index (χ0n) is 11.2. The number of nitrogens with zero attached hydrogens (tertiary/aromatic N) is 1. The van der Waals surface area contributed by atoms with Gasteiger partial charge in [-0.15, -0.1) is 0 Å². The van der Waals surface area contributed by atoms with Gasteiger partial charge in [0.25, 0.3) is 0 Å². The standard InChI is InChI=1S/C15H16FN3/c1-9-6-10(2)15(13(7-9)11(3)17)19-12-4-5-14(16)18-8-12/h4-8,17,19H,1-3H3. The molecule has 1 aromatic carbocycles. The van der Waals surface area contributed by atoms with E-state index in [1.165, 1.54) is 12.3 Å². The molecule has 0 radical (unpaired) electrons. The van der Waals surface area contributed by atoms with Crippen LogP contribution in [0.15, 0.2) is 30.5 Å². The van der Waals surface area contributed by atoms with Gasteiger partial charge in [-0.05, 0) is 44.5 Å². The van der Waals surface area contributed by atoms with Crippen molar-refractivity contribution in [1.82, 2.24) is 4.98 Å². The molecular weight excluding hydrogens is 241 g/mol. The zero-order valence-corrected chi connectivity index (χ0v) is 11.2. The Bertz CT molecular complexity index is 618. The average Bonchev–Trinajstić information content (AvgIpc) is 2.34. The highest BCUT2D eigenvalue weighted by atomic mass is 19.1. The summed E-state index contributed by atoms with van der Waals surface area (Å²) in [5.41, 5.74) is 5.07. The van der Waals surface area contributed by atoms with Crippen LogP contribution < -0.4 is 5.32 Å². The fourth-order valence-electron chi connectivity index (χ4n) is 2.02. The van der Waals surface area contributed by atoms with Gasteiger partial charge < -0.3 is 10.7 Å².